The number of carbonyl (C=O) groups excluding carboxylic acids is 1. The van der Waals surface area contributed by atoms with Gasteiger partial charge in [-0.05, 0) is 78.4 Å². The van der Waals surface area contributed by atoms with E-state index in [1.54, 1.807) is 31.6 Å². The first-order chi connectivity index (χ1) is 13.2. The van der Waals surface area contributed by atoms with Crippen LogP contribution in [0.25, 0.3) is 0 Å². The highest BCUT2D eigenvalue weighted by Crippen LogP contribution is 2.56. The molecule has 1 atom stereocenters. The van der Waals surface area contributed by atoms with Crippen molar-refractivity contribution in [3.8, 4) is 11.5 Å². The molecule has 1 aliphatic carbocycles. The molecule has 1 saturated heterocycles. The van der Waals surface area contributed by atoms with Gasteiger partial charge in [0.15, 0.2) is 11.5 Å². The summed E-state index contributed by atoms with van der Waals surface area (Å²) in [5, 5.41) is 7.64. The molecule has 1 saturated carbocycles. The largest absolute Gasteiger partial charge is 0.493 e. The lowest BCUT2D eigenvalue weighted by Crippen LogP contribution is -2.39. The number of ether oxygens (including phenoxy) is 2. The molecule has 1 amide bonds. The zero-order valence-electron chi connectivity index (χ0n) is 16.3. The van der Waals surface area contributed by atoms with Crippen molar-refractivity contribution in [2.75, 3.05) is 27.3 Å². The van der Waals surface area contributed by atoms with E-state index in [1.807, 2.05) is 12.1 Å². The number of carbonyl (C=O) groups is 1. The van der Waals surface area contributed by atoms with Crippen LogP contribution in [0, 0.1) is 5.41 Å². The monoisotopic (exact) mass is 422 g/mol. The van der Waals surface area contributed by atoms with Crippen molar-refractivity contribution in [3.63, 3.8) is 0 Å². The molecule has 28 heavy (non-hydrogen) atoms. The molecule has 2 aromatic rings. The molecule has 1 aromatic heterocycles. The summed E-state index contributed by atoms with van der Waals surface area (Å²) < 4.78 is 10.7. The number of halogens is 1. The first-order valence-corrected chi connectivity index (χ1v) is 10.4. The molecule has 2 heterocycles. The fraction of sp³-hybridized carbons (Fsp3) is 0.476. The third kappa shape index (κ3) is 4.00. The van der Waals surface area contributed by atoms with Crippen molar-refractivity contribution < 1.29 is 14.3 Å². The highest BCUT2D eigenvalue weighted by Gasteiger charge is 2.57. The van der Waals surface area contributed by atoms with E-state index in [2.05, 4.69) is 27.0 Å². The number of methoxy groups -OCH3 is 2. The molecule has 2 fully saturated rings. The Hall–Kier alpha value is -1.76. The SMILES string of the molecule is COc1ccc(C(=O)N(Cc2ccsc2)C2CC23CCNCC3)cc1OC.Cl. The van der Waals surface area contributed by atoms with Crippen molar-refractivity contribution >= 4 is 29.7 Å². The van der Waals surface area contributed by atoms with Crippen LogP contribution in [0.4, 0.5) is 0 Å². The number of nitrogens with zero attached hydrogens (tertiary/aromatic N) is 1. The van der Waals surface area contributed by atoms with Crippen LogP contribution in [0.1, 0.15) is 35.2 Å². The predicted molar refractivity (Wildman–Crippen MR) is 114 cm³/mol. The summed E-state index contributed by atoms with van der Waals surface area (Å²) in [6.45, 7) is 2.76. The maximum Gasteiger partial charge on any atom is 0.254 e. The first-order valence-electron chi connectivity index (χ1n) is 9.42. The van der Waals surface area contributed by atoms with Crippen LogP contribution >= 0.6 is 23.7 Å². The molecule has 4 rings (SSSR count). The Bertz CT molecular complexity index is 806. The highest BCUT2D eigenvalue weighted by molar-refractivity contribution is 7.07. The molecule has 1 unspecified atom stereocenters. The molecule has 7 heteroatoms. The minimum Gasteiger partial charge on any atom is -0.493 e. The number of rotatable bonds is 6. The molecule has 152 valence electrons. The summed E-state index contributed by atoms with van der Waals surface area (Å²) in [5.74, 6) is 1.30. The van der Waals surface area contributed by atoms with Gasteiger partial charge in [-0.15, -0.1) is 12.4 Å². The van der Waals surface area contributed by atoms with Crippen LogP contribution < -0.4 is 14.8 Å². The normalized spacial score (nSPS) is 19.6. The minimum atomic E-state index is 0. The van der Waals surface area contributed by atoms with E-state index < -0.39 is 0 Å². The summed E-state index contributed by atoms with van der Waals surface area (Å²) in [4.78, 5) is 15.5. The van der Waals surface area contributed by atoms with E-state index in [9.17, 15) is 4.79 Å². The maximum absolute atomic E-state index is 13.5. The Labute approximate surface area is 176 Å². The lowest BCUT2D eigenvalue weighted by molar-refractivity contribution is 0.0692. The van der Waals surface area contributed by atoms with Crippen LogP contribution in [-0.2, 0) is 6.54 Å². The zero-order chi connectivity index (χ0) is 18.9. The van der Waals surface area contributed by atoms with E-state index in [1.165, 1.54) is 5.56 Å². The Morgan fingerprint density at radius 2 is 1.96 bits per heavy atom. The third-order valence-corrected chi connectivity index (χ3v) is 6.68. The number of benzene rings is 1. The van der Waals surface area contributed by atoms with E-state index in [0.717, 1.165) is 32.4 Å². The molecule has 1 aliphatic heterocycles. The van der Waals surface area contributed by atoms with Gasteiger partial charge in [-0.2, -0.15) is 11.3 Å². The standard InChI is InChI=1S/C21H26N2O3S.ClH/c1-25-17-4-3-16(11-18(17)26-2)20(24)23(13-15-5-10-27-14-15)19-12-21(19)6-8-22-9-7-21;/h3-5,10-11,14,19,22H,6-9,12-13H2,1-2H3;1H. The van der Waals surface area contributed by atoms with Crippen molar-refractivity contribution in [1.29, 1.82) is 0 Å². The van der Waals surface area contributed by atoms with Crippen LogP contribution in [0.5, 0.6) is 11.5 Å². The number of hydrogen-bond acceptors (Lipinski definition) is 5. The summed E-state index contributed by atoms with van der Waals surface area (Å²) in [6.07, 6.45) is 3.41. The molecule has 0 radical (unpaired) electrons. The van der Waals surface area contributed by atoms with E-state index in [-0.39, 0.29) is 18.3 Å². The second-order valence-corrected chi connectivity index (χ2v) is 8.25. The van der Waals surface area contributed by atoms with Crippen molar-refractivity contribution in [3.05, 3.63) is 46.2 Å². The van der Waals surface area contributed by atoms with Crippen molar-refractivity contribution in [2.45, 2.75) is 31.8 Å². The van der Waals surface area contributed by atoms with Gasteiger partial charge in [0.1, 0.15) is 0 Å². The van der Waals surface area contributed by atoms with E-state index in [0.29, 0.717) is 35.1 Å². The van der Waals surface area contributed by atoms with Gasteiger partial charge in [0.25, 0.3) is 5.91 Å². The van der Waals surface area contributed by atoms with Crippen molar-refractivity contribution in [1.82, 2.24) is 10.2 Å². The van der Waals surface area contributed by atoms with Gasteiger partial charge >= 0.3 is 0 Å². The average Bonchev–Trinajstić information content (AvgIpc) is 3.14. The first kappa shape index (κ1) is 21.0. The summed E-state index contributed by atoms with van der Waals surface area (Å²) in [7, 11) is 3.20. The lowest BCUT2D eigenvalue weighted by atomic mass is 9.93. The van der Waals surface area contributed by atoms with Crippen LogP contribution in [0.3, 0.4) is 0 Å². The highest BCUT2D eigenvalue weighted by atomic mass is 35.5. The van der Waals surface area contributed by atoms with Gasteiger partial charge in [0, 0.05) is 18.2 Å². The molecular formula is C21H27ClN2O3S. The fourth-order valence-corrected chi connectivity index (χ4v) is 4.93. The lowest BCUT2D eigenvalue weighted by Gasteiger charge is -2.30. The number of thiophene rings is 1. The van der Waals surface area contributed by atoms with Gasteiger partial charge in [-0.1, -0.05) is 0 Å². The van der Waals surface area contributed by atoms with Crippen LogP contribution in [-0.4, -0.2) is 44.2 Å². The Balaban J connectivity index is 0.00000225. The maximum atomic E-state index is 13.5. The second-order valence-electron chi connectivity index (χ2n) is 7.47. The average molecular weight is 423 g/mol. The number of amides is 1. The van der Waals surface area contributed by atoms with Crippen LogP contribution in [0.2, 0.25) is 0 Å². The molecule has 1 aromatic carbocycles. The fourth-order valence-electron chi connectivity index (χ4n) is 4.27. The Morgan fingerprint density at radius 3 is 2.61 bits per heavy atom. The smallest absolute Gasteiger partial charge is 0.254 e. The topological polar surface area (TPSA) is 50.8 Å². The summed E-state index contributed by atoms with van der Waals surface area (Å²) in [5.41, 5.74) is 2.15. The molecular weight excluding hydrogens is 396 g/mol. The second kappa shape index (κ2) is 8.72. The minimum absolute atomic E-state index is 0. The van der Waals surface area contributed by atoms with Gasteiger partial charge in [-0.25, -0.2) is 0 Å². The Kier molecular flexibility index (Phi) is 6.53. The number of hydrogen-bond donors (Lipinski definition) is 1. The predicted octanol–water partition coefficient (Wildman–Crippen LogP) is 3.97. The summed E-state index contributed by atoms with van der Waals surface area (Å²) in [6, 6.07) is 7.86. The van der Waals surface area contributed by atoms with Gasteiger partial charge < -0.3 is 19.7 Å². The molecule has 0 bridgehead atoms. The molecule has 5 nitrogen and oxygen atoms in total. The molecule has 1 spiro atoms. The zero-order valence-corrected chi connectivity index (χ0v) is 17.9. The van der Waals surface area contributed by atoms with Crippen molar-refractivity contribution in [2.24, 2.45) is 5.41 Å². The van der Waals surface area contributed by atoms with Gasteiger partial charge in [0.2, 0.25) is 0 Å². The van der Waals surface area contributed by atoms with E-state index in [4.69, 9.17) is 9.47 Å². The summed E-state index contributed by atoms with van der Waals surface area (Å²) >= 11 is 1.67. The molecule has 2 aliphatic rings. The third-order valence-electron chi connectivity index (χ3n) is 5.95. The quantitative estimate of drug-likeness (QED) is 0.765. The van der Waals surface area contributed by atoms with E-state index >= 15 is 0 Å². The van der Waals surface area contributed by atoms with Gasteiger partial charge in [-0.3, -0.25) is 4.79 Å². The Morgan fingerprint density at radius 1 is 1.21 bits per heavy atom. The number of piperidine rings is 1. The number of nitrogens with one attached hydrogen (secondary N) is 1. The van der Waals surface area contributed by atoms with Crippen LogP contribution in [0.15, 0.2) is 35.0 Å². The molecule has 1 N–H and O–H groups in total. The van der Waals surface area contributed by atoms with Gasteiger partial charge in [0.05, 0.1) is 14.2 Å².